The van der Waals surface area contributed by atoms with Crippen LogP contribution in [0.5, 0.6) is 0 Å². The average Bonchev–Trinajstić information content (AvgIpc) is 3.24. The zero-order valence-corrected chi connectivity index (χ0v) is 11.7. The minimum Gasteiger partial charge on any atom is -0.329 e. The van der Waals surface area contributed by atoms with Gasteiger partial charge in [-0.15, -0.1) is 0 Å². The Morgan fingerprint density at radius 2 is 2.30 bits per heavy atom. The molecule has 1 fully saturated rings. The highest BCUT2D eigenvalue weighted by molar-refractivity contribution is 5.37. The van der Waals surface area contributed by atoms with Crippen LogP contribution in [-0.2, 0) is 6.54 Å². The van der Waals surface area contributed by atoms with Crippen molar-refractivity contribution in [2.45, 2.75) is 25.4 Å². The summed E-state index contributed by atoms with van der Waals surface area (Å²) in [6, 6.07) is 7.59. The lowest BCUT2D eigenvalue weighted by Crippen LogP contribution is -2.39. The topological polar surface area (TPSA) is 63.6 Å². The van der Waals surface area contributed by atoms with Crippen molar-refractivity contribution >= 4 is 5.65 Å². The number of fused-ring (bicyclic) bond motifs is 1. The molecule has 0 bridgehead atoms. The monoisotopic (exact) mass is 272 g/mol. The van der Waals surface area contributed by atoms with Crippen LogP contribution in [0.25, 0.3) is 5.65 Å². The van der Waals surface area contributed by atoms with Gasteiger partial charge in [0.15, 0.2) is 0 Å². The molecule has 2 heterocycles. The summed E-state index contributed by atoms with van der Waals surface area (Å²) in [6.07, 6.45) is 4.27. The lowest BCUT2D eigenvalue weighted by atomic mass is 10.1. The van der Waals surface area contributed by atoms with Crippen molar-refractivity contribution in [3.05, 3.63) is 46.5 Å². The molecule has 0 radical (unpaired) electrons. The lowest BCUT2D eigenvalue weighted by molar-refractivity contribution is 0.213. The number of nitrogens with zero attached hydrogens (tertiary/aromatic N) is 3. The first-order valence-corrected chi connectivity index (χ1v) is 7.06. The van der Waals surface area contributed by atoms with Crippen molar-refractivity contribution in [2.24, 2.45) is 11.7 Å². The highest BCUT2D eigenvalue weighted by Crippen LogP contribution is 2.34. The molecule has 1 atom stereocenters. The summed E-state index contributed by atoms with van der Waals surface area (Å²) in [7, 11) is 2.06. The van der Waals surface area contributed by atoms with Crippen molar-refractivity contribution in [3.8, 4) is 0 Å². The molecular weight excluding hydrogens is 252 g/mol. The van der Waals surface area contributed by atoms with Crippen LogP contribution in [0.1, 0.15) is 18.5 Å². The fraction of sp³-hybridized carbons (Fsp3) is 0.467. The maximum absolute atomic E-state index is 12.0. The molecule has 1 aliphatic rings. The number of nitrogens with two attached hydrogens (primary N) is 1. The van der Waals surface area contributed by atoms with Gasteiger partial charge < -0.3 is 5.73 Å². The van der Waals surface area contributed by atoms with E-state index >= 15 is 0 Å². The highest BCUT2D eigenvalue weighted by Gasteiger charge is 2.32. The number of likely N-dealkylation sites (N-methyl/N-ethyl adjacent to an activating group) is 1. The molecule has 0 aliphatic heterocycles. The third-order valence-corrected chi connectivity index (χ3v) is 4.01. The second-order valence-electron chi connectivity index (χ2n) is 5.57. The molecule has 1 aliphatic carbocycles. The van der Waals surface area contributed by atoms with E-state index in [-0.39, 0.29) is 5.56 Å². The molecule has 2 aromatic rings. The molecule has 1 saturated carbocycles. The van der Waals surface area contributed by atoms with E-state index in [0.717, 1.165) is 5.69 Å². The van der Waals surface area contributed by atoms with Gasteiger partial charge in [-0.05, 0) is 37.9 Å². The Morgan fingerprint density at radius 3 is 3.00 bits per heavy atom. The summed E-state index contributed by atoms with van der Waals surface area (Å²) in [4.78, 5) is 18.8. The molecule has 3 rings (SSSR count). The molecule has 0 amide bonds. The van der Waals surface area contributed by atoms with Gasteiger partial charge in [-0.1, -0.05) is 6.07 Å². The molecule has 5 nitrogen and oxygen atoms in total. The minimum absolute atomic E-state index is 0.0327. The Bertz CT molecular complexity index is 662. The first-order valence-electron chi connectivity index (χ1n) is 7.06. The van der Waals surface area contributed by atoms with E-state index in [0.29, 0.717) is 30.7 Å². The lowest BCUT2D eigenvalue weighted by Gasteiger charge is -2.26. The molecule has 0 saturated heterocycles. The van der Waals surface area contributed by atoms with Gasteiger partial charge in [-0.25, -0.2) is 4.98 Å². The predicted molar refractivity (Wildman–Crippen MR) is 78.5 cm³/mol. The van der Waals surface area contributed by atoms with Crippen molar-refractivity contribution in [1.29, 1.82) is 0 Å². The van der Waals surface area contributed by atoms with Crippen LogP contribution >= 0.6 is 0 Å². The highest BCUT2D eigenvalue weighted by atomic mass is 16.1. The van der Waals surface area contributed by atoms with E-state index < -0.39 is 0 Å². The maximum Gasteiger partial charge on any atom is 0.258 e. The molecule has 20 heavy (non-hydrogen) atoms. The van der Waals surface area contributed by atoms with Crippen molar-refractivity contribution < 1.29 is 0 Å². The van der Waals surface area contributed by atoms with Crippen LogP contribution in [0.2, 0.25) is 0 Å². The minimum atomic E-state index is -0.0327. The zero-order chi connectivity index (χ0) is 14.1. The Balaban J connectivity index is 1.85. The van der Waals surface area contributed by atoms with E-state index in [9.17, 15) is 4.79 Å². The van der Waals surface area contributed by atoms with Gasteiger partial charge in [0.05, 0.1) is 5.69 Å². The molecule has 106 valence electrons. The number of hydrogen-bond donors (Lipinski definition) is 1. The summed E-state index contributed by atoms with van der Waals surface area (Å²) >= 11 is 0. The number of rotatable bonds is 5. The third kappa shape index (κ3) is 2.59. The summed E-state index contributed by atoms with van der Waals surface area (Å²) in [5.74, 6) is 0.714. The van der Waals surface area contributed by atoms with Gasteiger partial charge in [0.1, 0.15) is 5.65 Å². The van der Waals surface area contributed by atoms with E-state index in [2.05, 4.69) is 16.9 Å². The van der Waals surface area contributed by atoms with Gasteiger partial charge in [-0.2, -0.15) is 0 Å². The van der Waals surface area contributed by atoms with Gasteiger partial charge in [0.25, 0.3) is 5.56 Å². The number of hydrogen-bond acceptors (Lipinski definition) is 4. The summed E-state index contributed by atoms with van der Waals surface area (Å²) in [5, 5.41) is 0. The molecule has 0 aromatic carbocycles. The smallest absolute Gasteiger partial charge is 0.258 e. The Hall–Kier alpha value is -1.72. The zero-order valence-electron chi connectivity index (χ0n) is 11.7. The van der Waals surface area contributed by atoms with Crippen LogP contribution in [0.15, 0.2) is 35.3 Å². The van der Waals surface area contributed by atoms with Crippen LogP contribution in [0.3, 0.4) is 0 Å². The molecule has 1 unspecified atom stereocenters. The van der Waals surface area contributed by atoms with Crippen molar-refractivity contribution in [3.63, 3.8) is 0 Å². The molecule has 5 heteroatoms. The SMILES string of the molecule is CN(Cc1cc(=O)n2ccccc2n1)C(CN)C1CC1. The fourth-order valence-electron chi connectivity index (χ4n) is 2.77. The van der Waals surface area contributed by atoms with Crippen LogP contribution < -0.4 is 11.3 Å². The molecule has 2 aromatic heterocycles. The second-order valence-corrected chi connectivity index (χ2v) is 5.57. The first kappa shape index (κ1) is 13.3. The number of pyridine rings is 1. The Morgan fingerprint density at radius 1 is 1.50 bits per heavy atom. The van der Waals surface area contributed by atoms with Crippen molar-refractivity contribution in [1.82, 2.24) is 14.3 Å². The van der Waals surface area contributed by atoms with E-state index in [4.69, 9.17) is 5.73 Å². The van der Waals surface area contributed by atoms with Gasteiger partial charge in [0, 0.05) is 31.4 Å². The molecule has 0 spiro atoms. The molecule has 2 N–H and O–H groups in total. The molecular formula is C15H20N4O. The van der Waals surface area contributed by atoms with Crippen LogP contribution in [0, 0.1) is 5.92 Å². The normalized spacial score (nSPS) is 16.8. The third-order valence-electron chi connectivity index (χ3n) is 4.01. The largest absolute Gasteiger partial charge is 0.329 e. The average molecular weight is 272 g/mol. The second kappa shape index (κ2) is 5.34. The first-order chi connectivity index (χ1) is 9.69. The summed E-state index contributed by atoms with van der Waals surface area (Å²) in [5.41, 5.74) is 7.33. The van der Waals surface area contributed by atoms with Crippen LogP contribution in [-0.4, -0.2) is 33.9 Å². The summed E-state index contributed by atoms with van der Waals surface area (Å²) < 4.78 is 1.56. The van der Waals surface area contributed by atoms with E-state index in [1.165, 1.54) is 12.8 Å². The van der Waals surface area contributed by atoms with Crippen molar-refractivity contribution in [2.75, 3.05) is 13.6 Å². The van der Waals surface area contributed by atoms with Crippen LogP contribution in [0.4, 0.5) is 0 Å². The Labute approximate surface area is 118 Å². The standard InChI is InChI=1S/C15H20N4O/c1-18(13(9-16)11-5-6-11)10-12-8-15(20)19-7-3-2-4-14(19)17-12/h2-4,7-8,11,13H,5-6,9-10,16H2,1H3. The number of aromatic nitrogens is 2. The van der Waals surface area contributed by atoms with Gasteiger partial charge >= 0.3 is 0 Å². The van der Waals surface area contributed by atoms with Gasteiger partial charge in [0.2, 0.25) is 0 Å². The predicted octanol–water partition coefficient (Wildman–Crippen LogP) is 0.864. The quantitative estimate of drug-likeness (QED) is 0.877. The fourth-order valence-corrected chi connectivity index (χ4v) is 2.77. The maximum atomic E-state index is 12.0. The summed E-state index contributed by atoms with van der Waals surface area (Å²) in [6.45, 7) is 1.33. The van der Waals surface area contributed by atoms with Gasteiger partial charge in [-0.3, -0.25) is 14.1 Å². The van der Waals surface area contributed by atoms with E-state index in [1.54, 1.807) is 16.7 Å². The van der Waals surface area contributed by atoms with E-state index in [1.807, 2.05) is 18.2 Å². The Kier molecular flexibility index (Phi) is 3.54.